The largest absolute Gasteiger partial charge is 0.389 e. The van der Waals surface area contributed by atoms with Crippen molar-refractivity contribution in [3.05, 3.63) is 51.5 Å². The minimum Gasteiger partial charge on any atom is -0.389 e. The van der Waals surface area contributed by atoms with Crippen LogP contribution < -0.4 is 4.90 Å². The fraction of sp³-hybridized carbons (Fsp3) is 0.333. The molecule has 0 radical (unpaired) electrons. The van der Waals surface area contributed by atoms with Crippen molar-refractivity contribution in [3.63, 3.8) is 0 Å². The van der Waals surface area contributed by atoms with Gasteiger partial charge in [-0.3, -0.25) is 0 Å². The van der Waals surface area contributed by atoms with E-state index in [-0.39, 0.29) is 5.82 Å². The van der Waals surface area contributed by atoms with Crippen LogP contribution in [0.2, 0.25) is 0 Å². The molecule has 0 fully saturated rings. The quantitative estimate of drug-likeness (QED) is 0.918. The van der Waals surface area contributed by atoms with Gasteiger partial charge < -0.3 is 10.0 Å². The van der Waals surface area contributed by atoms with Gasteiger partial charge in [0, 0.05) is 23.2 Å². The first-order valence-electron chi connectivity index (χ1n) is 6.20. The highest BCUT2D eigenvalue weighted by molar-refractivity contribution is 7.09. The summed E-state index contributed by atoms with van der Waals surface area (Å²) in [6.07, 6.45) is -0.684. The maximum atomic E-state index is 13.6. The van der Waals surface area contributed by atoms with E-state index in [1.807, 2.05) is 23.4 Å². The number of aliphatic hydroxyl groups excluding tert-OH is 1. The van der Waals surface area contributed by atoms with Crippen LogP contribution in [0.5, 0.6) is 0 Å². The summed E-state index contributed by atoms with van der Waals surface area (Å²) in [5.41, 5.74) is 2.10. The lowest BCUT2D eigenvalue weighted by molar-refractivity contribution is 0.199. The molecule has 0 bridgehead atoms. The maximum absolute atomic E-state index is 13.6. The number of hydrogen-bond acceptors (Lipinski definition) is 3. The van der Waals surface area contributed by atoms with Gasteiger partial charge in [0.25, 0.3) is 0 Å². The molecule has 0 spiro atoms. The Morgan fingerprint density at radius 2 is 2.16 bits per heavy atom. The van der Waals surface area contributed by atoms with Crippen LogP contribution in [0.25, 0.3) is 0 Å². The van der Waals surface area contributed by atoms with Gasteiger partial charge in [0.1, 0.15) is 5.82 Å². The zero-order valence-electron chi connectivity index (χ0n) is 11.4. The Kier molecular flexibility index (Phi) is 4.22. The molecule has 102 valence electrons. The fourth-order valence-corrected chi connectivity index (χ4v) is 2.83. The van der Waals surface area contributed by atoms with E-state index in [0.29, 0.717) is 11.1 Å². The molecule has 0 saturated heterocycles. The number of hydrogen-bond donors (Lipinski definition) is 1. The third-order valence-corrected chi connectivity index (χ3v) is 4.00. The molecule has 1 heterocycles. The van der Waals surface area contributed by atoms with Gasteiger partial charge in [-0.1, -0.05) is 6.07 Å². The van der Waals surface area contributed by atoms with Crippen LogP contribution in [0, 0.1) is 12.7 Å². The molecule has 2 rings (SSSR count). The topological polar surface area (TPSA) is 23.5 Å². The van der Waals surface area contributed by atoms with Crippen LogP contribution in [0.15, 0.2) is 29.6 Å². The summed E-state index contributed by atoms with van der Waals surface area (Å²) < 4.78 is 13.6. The number of thiophene rings is 1. The molecule has 4 heteroatoms. The van der Waals surface area contributed by atoms with Crippen molar-refractivity contribution in [1.82, 2.24) is 0 Å². The molecule has 0 aliphatic rings. The highest BCUT2D eigenvalue weighted by atomic mass is 32.1. The van der Waals surface area contributed by atoms with E-state index in [2.05, 4.69) is 6.07 Å². The molecular weight excluding hydrogens is 261 g/mol. The summed E-state index contributed by atoms with van der Waals surface area (Å²) in [6.45, 7) is 4.15. The van der Waals surface area contributed by atoms with Crippen molar-refractivity contribution >= 4 is 17.0 Å². The average molecular weight is 279 g/mol. The first kappa shape index (κ1) is 14.0. The minimum atomic E-state index is -0.684. The molecule has 0 amide bonds. The lowest BCUT2D eigenvalue weighted by Gasteiger charge is -2.24. The molecule has 2 aromatic rings. The van der Waals surface area contributed by atoms with Crippen LogP contribution in [0.3, 0.4) is 0 Å². The second-order valence-electron chi connectivity index (χ2n) is 4.77. The maximum Gasteiger partial charge on any atom is 0.126 e. The van der Waals surface area contributed by atoms with Gasteiger partial charge in [-0.2, -0.15) is 0 Å². The van der Waals surface area contributed by atoms with E-state index in [9.17, 15) is 9.50 Å². The summed E-state index contributed by atoms with van der Waals surface area (Å²) in [7, 11) is 1.96. The highest BCUT2D eigenvalue weighted by Gasteiger charge is 2.15. The van der Waals surface area contributed by atoms with Crippen LogP contribution in [0.1, 0.15) is 29.0 Å². The van der Waals surface area contributed by atoms with Crippen LogP contribution in [-0.4, -0.2) is 12.2 Å². The number of rotatable bonds is 4. The average Bonchev–Trinajstić information content (AvgIpc) is 2.84. The molecule has 19 heavy (non-hydrogen) atoms. The number of aliphatic hydroxyl groups is 1. The molecular formula is C15H18FNOS. The monoisotopic (exact) mass is 279 g/mol. The Balaban J connectivity index is 2.34. The van der Waals surface area contributed by atoms with Gasteiger partial charge in [-0.15, -0.1) is 11.3 Å². The Bertz CT molecular complexity index is 552. The highest BCUT2D eigenvalue weighted by Crippen LogP contribution is 2.30. The number of anilines is 1. The van der Waals surface area contributed by atoms with E-state index in [1.165, 1.54) is 10.9 Å². The van der Waals surface area contributed by atoms with Gasteiger partial charge in [-0.05, 0) is 43.0 Å². The van der Waals surface area contributed by atoms with Crippen molar-refractivity contribution in [1.29, 1.82) is 0 Å². The van der Waals surface area contributed by atoms with Gasteiger partial charge in [0.15, 0.2) is 0 Å². The normalized spacial score (nSPS) is 12.5. The Hall–Kier alpha value is -1.39. The van der Waals surface area contributed by atoms with Crippen molar-refractivity contribution < 1.29 is 9.50 Å². The Morgan fingerprint density at radius 3 is 2.74 bits per heavy atom. The minimum absolute atomic E-state index is 0.274. The van der Waals surface area contributed by atoms with Crippen LogP contribution >= 0.6 is 11.3 Å². The van der Waals surface area contributed by atoms with E-state index in [1.54, 1.807) is 31.3 Å². The van der Waals surface area contributed by atoms with Crippen LogP contribution in [0.4, 0.5) is 10.1 Å². The summed E-state index contributed by atoms with van der Waals surface area (Å²) in [5, 5.41) is 11.8. The Morgan fingerprint density at radius 1 is 1.42 bits per heavy atom. The second kappa shape index (κ2) is 5.72. The number of aryl methyl sites for hydroxylation is 1. The third kappa shape index (κ3) is 3.14. The van der Waals surface area contributed by atoms with E-state index in [0.717, 1.165) is 12.2 Å². The number of halogens is 1. The Labute approximate surface area is 117 Å². The first-order chi connectivity index (χ1) is 8.99. The zero-order chi connectivity index (χ0) is 14.0. The predicted molar refractivity (Wildman–Crippen MR) is 78.2 cm³/mol. The van der Waals surface area contributed by atoms with Crippen LogP contribution in [-0.2, 0) is 6.54 Å². The van der Waals surface area contributed by atoms with Gasteiger partial charge in [-0.25, -0.2) is 4.39 Å². The van der Waals surface area contributed by atoms with Crippen molar-refractivity contribution in [3.8, 4) is 0 Å². The van der Waals surface area contributed by atoms with E-state index < -0.39 is 6.10 Å². The molecule has 1 N–H and O–H groups in total. The van der Waals surface area contributed by atoms with E-state index >= 15 is 0 Å². The van der Waals surface area contributed by atoms with Gasteiger partial charge >= 0.3 is 0 Å². The second-order valence-corrected chi connectivity index (χ2v) is 5.80. The standard InChI is InChI=1S/C15H18FNOS/c1-10-7-15(13(11(2)18)8-14(10)16)17(3)9-12-5-4-6-19-12/h4-8,11,18H,9H2,1-3H3/t11-/m0/s1. The molecule has 0 saturated carbocycles. The van der Waals surface area contributed by atoms with Crippen molar-refractivity contribution in [2.75, 3.05) is 11.9 Å². The van der Waals surface area contributed by atoms with Crippen molar-refractivity contribution in [2.24, 2.45) is 0 Å². The SMILES string of the molecule is Cc1cc(N(C)Cc2cccs2)c([C@H](C)O)cc1F. The van der Waals surface area contributed by atoms with Gasteiger partial charge in [0.2, 0.25) is 0 Å². The van der Waals surface area contributed by atoms with Crippen molar-refractivity contribution in [2.45, 2.75) is 26.5 Å². The van der Waals surface area contributed by atoms with E-state index in [4.69, 9.17) is 0 Å². The lowest BCUT2D eigenvalue weighted by atomic mass is 10.0. The fourth-order valence-electron chi connectivity index (χ4n) is 2.07. The van der Waals surface area contributed by atoms with Gasteiger partial charge in [0.05, 0.1) is 12.6 Å². The number of benzene rings is 1. The predicted octanol–water partition coefficient (Wildman–Crippen LogP) is 3.89. The summed E-state index contributed by atoms with van der Waals surface area (Å²) in [4.78, 5) is 3.28. The molecule has 0 aliphatic carbocycles. The molecule has 0 unspecified atom stereocenters. The molecule has 1 aromatic heterocycles. The third-order valence-electron chi connectivity index (χ3n) is 3.14. The molecule has 1 atom stereocenters. The zero-order valence-corrected chi connectivity index (χ0v) is 12.2. The lowest BCUT2D eigenvalue weighted by Crippen LogP contribution is -2.18. The summed E-state index contributed by atoms with van der Waals surface area (Å²) in [5.74, 6) is -0.274. The smallest absolute Gasteiger partial charge is 0.126 e. The summed E-state index contributed by atoms with van der Waals surface area (Å²) >= 11 is 1.69. The molecule has 0 aliphatic heterocycles. The molecule has 1 aromatic carbocycles. The molecule has 2 nitrogen and oxygen atoms in total. The first-order valence-corrected chi connectivity index (χ1v) is 7.08. The summed E-state index contributed by atoms with van der Waals surface area (Å²) in [6, 6.07) is 7.31. The number of nitrogens with zero attached hydrogens (tertiary/aromatic N) is 1.